The van der Waals surface area contributed by atoms with Crippen molar-refractivity contribution in [3.05, 3.63) is 0 Å². The summed E-state index contributed by atoms with van der Waals surface area (Å²) in [6.45, 7) is 2.33. The smallest absolute Gasteiger partial charge is 0.255 e. The Labute approximate surface area is 107 Å². The number of hydrogen-bond acceptors (Lipinski definition) is 1. The van der Waals surface area contributed by atoms with Gasteiger partial charge in [-0.2, -0.15) is 0 Å². The van der Waals surface area contributed by atoms with Crippen molar-refractivity contribution in [2.24, 2.45) is 11.3 Å². The molecule has 2 heteroatoms. The molecule has 0 aromatic carbocycles. The molecule has 0 saturated heterocycles. The maximum atomic E-state index is 11.5. The number of alkyl halides is 1. The van der Waals surface area contributed by atoms with Crippen molar-refractivity contribution >= 4 is 5.78 Å². The van der Waals surface area contributed by atoms with Crippen molar-refractivity contribution in [1.29, 1.82) is 0 Å². The molecule has 2 saturated carbocycles. The van der Waals surface area contributed by atoms with Crippen LogP contribution in [-0.4, -0.2) is 9.71 Å². The van der Waals surface area contributed by atoms with E-state index in [9.17, 15) is 4.79 Å². The highest BCUT2D eigenvalue weighted by Crippen LogP contribution is 2.51. The van der Waals surface area contributed by atoms with Crippen LogP contribution in [-0.2, 0) is 4.79 Å². The van der Waals surface area contributed by atoms with Crippen LogP contribution in [0.4, 0.5) is 0 Å². The Morgan fingerprint density at radius 3 is 3.00 bits per heavy atom. The van der Waals surface area contributed by atoms with Crippen molar-refractivity contribution < 1.29 is 27.4 Å². The van der Waals surface area contributed by atoms with Gasteiger partial charge in [-0.3, -0.25) is 4.79 Å². The molecule has 3 atom stereocenters. The number of Topliss-reactive ketones (excluding diaryl/α,β-unsaturated/α-hetero) is 1. The van der Waals surface area contributed by atoms with Gasteiger partial charge in [-0.15, -0.1) is 0 Å². The maximum absolute atomic E-state index is 11.5. The summed E-state index contributed by atoms with van der Waals surface area (Å²) < 4.78 is 0.801. The summed E-state index contributed by atoms with van der Waals surface area (Å²) in [5.74, 6) is 1.26. The molecular weight excluding hydrogens is 299 g/mol. The first-order chi connectivity index (χ1) is 7.12. The average Bonchev–Trinajstić information content (AvgIpc) is 2.17. The Morgan fingerprint density at radius 1 is 1.47 bits per heavy atom. The first-order valence-corrected chi connectivity index (χ1v) is 7.64. The lowest BCUT2D eigenvalue weighted by atomic mass is 9.57. The zero-order valence-electron chi connectivity index (χ0n) is 9.63. The van der Waals surface area contributed by atoms with Crippen molar-refractivity contribution in [2.75, 3.05) is 0 Å². The van der Waals surface area contributed by atoms with E-state index in [1.165, 1.54) is 38.5 Å². The first-order valence-electron chi connectivity index (χ1n) is 6.30. The Bertz CT molecular complexity index is 249. The second-order valence-corrected chi connectivity index (χ2v) is 7.86. The van der Waals surface area contributed by atoms with Gasteiger partial charge in [-0.25, -0.2) is 0 Å². The summed E-state index contributed by atoms with van der Waals surface area (Å²) in [6, 6.07) is 0. The number of hydrogen-bond donors (Lipinski definition) is 0. The van der Waals surface area contributed by atoms with E-state index in [1.54, 1.807) is 0 Å². The van der Waals surface area contributed by atoms with Crippen molar-refractivity contribution in [2.45, 2.75) is 62.2 Å². The SMILES string of the molecule is CC([IH+])CC12CCCCC1CC(=O)CC2. The summed E-state index contributed by atoms with van der Waals surface area (Å²) in [5.41, 5.74) is 0.558. The lowest BCUT2D eigenvalue weighted by molar-refractivity contribution is -0.421. The predicted octanol–water partition coefficient (Wildman–Crippen LogP) is -0.0198. The van der Waals surface area contributed by atoms with Crippen LogP contribution in [0, 0.1) is 11.3 Å². The second kappa shape index (κ2) is 4.72. The highest BCUT2D eigenvalue weighted by atomic mass is 127. The highest BCUT2D eigenvalue weighted by molar-refractivity contribution is 5.79. The minimum Gasteiger partial charge on any atom is -0.300 e. The van der Waals surface area contributed by atoms with E-state index in [2.05, 4.69) is 29.5 Å². The predicted molar refractivity (Wildman–Crippen MR) is 58.7 cm³/mol. The number of carbonyl (C=O) groups is 1. The number of ketones is 1. The lowest BCUT2D eigenvalue weighted by Crippen LogP contribution is -3.38. The van der Waals surface area contributed by atoms with Crippen LogP contribution < -0.4 is 22.6 Å². The zero-order chi connectivity index (χ0) is 10.9. The monoisotopic (exact) mass is 321 g/mol. The molecule has 0 aromatic rings. The molecule has 2 rings (SSSR count). The molecule has 0 bridgehead atoms. The van der Waals surface area contributed by atoms with Gasteiger partial charge in [0.1, 0.15) is 9.71 Å². The molecule has 2 fully saturated rings. The molecule has 1 nitrogen and oxygen atoms in total. The highest BCUT2D eigenvalue weighted by Gasteiger charge is 2.45. The standard InChI is InChI=1S/C13H22IO/c1-10(14)9-13-6-3-2-4-11(13)8-12(15)5-7-13/h10-11,14H,2-9H2,1H3/q+1. The van der Waals surface area contributed by atoms with Gasteiger partial charge in [-0.05, 0) is 43.9 Å². The van der Waals surface area contributed by atoms with E-state index in [0.29, 0.717) is 11.2 Å². The van der Waals surface area contributed by atoms with E-state index < -0.39 is 0 Å². The van der Waals surface area contributed by atoms with Crippen LogP contribution in [0.1, 0.15) is 58.3 Å². The van der Waals surface area contributed by atoms with E-state index in [1.807, 2.05) is 0 Å². The molecule has 0 radical (unpaired) electrons. The van der Waals surface area contributed by atoms with Crippen LogP contribution in [0.25, 0.3) is 0 Å². The van der Waals surface area contributed by atoms with Gasteiger partial charge in [0.25, 0.3) is 22.6 Å². The van der Waals surface area contributed by atoms with Crippen LogP contribution in [0.2, 0.25) is 0 Å². The molecule has 0 heterocycles. The van der Waals surface area contributed by atoms with E-state index >= 15 is 0 Å². The number of fused-ring (bicyclic) bond motifs is 1. The topological polar surface area (TPSA) is 17.1 Å². The molecule has 2 aliphatic carbocycles. The molecule has 0 aliphatic heterocycles. The number of rotatable bonds is 2. The van der Waals surface area contributed by atoms with Gasteiger partial charge in [0.2, 0.25) is 0 Å². The fourth-order valence-electron chi connectivity index (χ4n) is 3.73. The summed E-state index contributed by atoms with van der Waals surface area (Å²) >= 11 is 2.26. The summed E-state index contributed by atoms with van der Waals surface area (Å²) in [5, 5.41) is 0. The Kier molecular flexibility index (Phi) is 3.74. The molecule has 15 heavy (non-hydrogen) atoms. The molecule has 86 valence electrons. The Balaban J connectivity index is 2.12. The van der Waals surface area contributed by atoms with Crippen molar-refractivity contribution in [3.8, 4) is 0 Å². The molecule has 3 unspecified atom stereocenters. The molecule has 2 aliphatic rings. The van der Waals surface area contributed by atoms with Crippen LogP contribution >= 0.6 is 0 Å². The van der Waals surface area contributed by atoms with Gasteiger partial charge in [0.15, 0.2) is 0 Å². The molecule has 0 spiro atoms. The summed E-state index contributed by atoms with van der Waals surface area (Å²) in [7, 11) is 0. The van der Waals surface area contributed by atoms with Crippen molar-refractivity contribution in [3.63, 3.8) is 0 Å². The van der Waals surface area contributed by atoms with E-state index in [-0.39, 0.29) is 0 Å². The Hall–Kier alpha value is 0.400. The maximum Gasteiger partial charge on any atom is 0.255 e. The third kappa shape index (κ3) is 2.56. The third-order valence-corrected chi connectivity index (χ3v) is 4.89. The van der Waals surface area contributed by atoms with Crippen molar-refractivity contribution in [1.82, 2.24) is 0 Å². The number of carbonyl (C=O) groups excluding carboxylic acids is 1. The normalized spacial score (nSPS) is 38.5. The van der Waals surface area contributed by atoms with Gasteiger partial charge in [0, 0.05) is 12.8 Å². The van der Waals surface area contributed by atoms with Crippen LogP contribution in [0.5, 0.6) is 0 Å². The number of halogens is 1. The largest absolute Gasteiger partial charge is 0.300 e. The molecular formula is C13H22IO+. The average molecular weight is 321 g/mol. The zero-order valence-corrected chi connectivity index (χ0v) is 12.0. The van der Waals surface area contributed by atoms with Crippen LogP contribution in [0.3, 0.4) is 0 Å². The van der Waals surface area contributed by atoms with Gasteiger partial charge >= 0.3 is 0 Å². The third-order valence-electron chi connectivity index (χ3n) is 4.41. The molecule has 0 aromatic heterocycles. The lowest BCUT2D eigenvalue weighted by Gasteiger charge is -2.47. The quantitative estimate of drug-likeness (QED) is 0.516. The molecule has 0 amide bonds. The summed E-state index contributed by atoms with van der Waals surface area (Å²) in [6.07, 6.45) is 9.78. The minimum atomic E-state index is 0.530. The van der Waals surface area contributed by atoms with E-state index in [0.717, 1.165) is 22.7 Å². The van der Waals surface area contributed by atoms with Gasteiger partial charge in [0.05, 0.1) is 0 Å². The Morgan fingerprint density at radius 2 is 2.27 bits per heavy atom. The first kappa shape index (κ1) is 11.9. The minimum absolute atomic E-state index is 0.530. The summed E-state index contributed by atoms with van der Waals surface area (Å²) in [4.78, 5) is 11.5. The second-order valence-electron chi connectivity index (χ2n) is 5.56. The van der Waals surface area contributed by atoms with E-state index in [4.69, 9.17) is 0 Å². The van der Waals surface area contributed by atoms with Crippen LogP contribution in [0.15, 0.2) is 0 Å². The van der Waals surface area contributed by atoms with Gasteiger partial charge < -0.3 is 0 Å². The molecule has 0 N–H and O–H groups in total. The fraction of sp³-hybridized carbons (Fsp3) is 0.923. The van der Waals surface area contributed by atoms with Gasteiger partial charge in [-0.1, -0.05) is 12.8 Å². The fourth-order valence-corrected chi connectivity index (χ4v) is 4.68.